The fourth-order valence-corrected chi connectivity index (χ4v) is 5.76. The Balaban J connectivity index is 1.61. The summed E-state index contributed by atoms with van der Waals surface area (Å²) in [5, 5.41) is 25.7. The molecule has 2 saturated carbocycles. The van der Waals surface area contributed by atoms with Crippen LogP contribution in [0.4, 0.5) is 10.6 Å². The van der Waals surface area contributed by atoms with Crippen LogP contribution in [0.1, 0.15) is 64.6 Å². The molecule has 0 aromatic carbocycles. The van der Waals surface area contributed by atoms with E-state index in [4.69, 9.17) is 15.5 Å². The molecular weight excluding hydrogens is 464 g/mol. The molecule has 0 bridgehead atoms. The van der Waals surface area contributed by atoms with Crippen molar-refractivity contribution >= 4 is 40.2 Å². The van der Waals surface area contributed by atoms with Gasteiger partial charge in [-0.1, -0.05) is 26.2 Å². The number of thiazole rings is 1. The summed E-state index contributed by atoms with van der Waals surface area (Å²) in [6.45, 7) is 5.28. The number of rotatable bonds is 7. The molecule has 2 fully saturated rings. The normalized spacial score (nSPS) is 21.4. The van der Waals surface area contributed by atoms with E-state index in [1.54, 1.807) is 6.20 Å². The molecule has 0 spiro atoms. The molecule has 5 rings (SSSR count). The number of carboxylic acid groups (broad SMARTS) is 1. The van der Waals surface area contributed by atoms with Crippen molar-refractivity contribution in [2.45, 2.75) is 71.4 Å². The van der Waals surface area contributed by atoms with E-state index >= 15 is 0 Å². The number of hydrogen-bond donors (Lipinski definition) is 4. The molecule has 2 aliphatic rings. The largest absolute Gasteiger partial charge is 0.465 e. The monoisotopic (exact) mass is 496 g/mol. The predicted molar refractivity (Wildman–Crippen MR) is 136 cm³/mol. The third-order valence-electron chi connectivity index (χ3n) is 7.48. The summed E-state index contributed by atoms with van der Waals surface area (Å²) in [7, 11) is 0. The molecule has 0 saturated heterocycles. The molecule has 10 nitrogen and oxygen atoms in total. The summed E-state index contributed by atoms with van der Waals surface area (Å²) < 4.78 is 2.20. The second-order valence-corrected chi connectivity index (χ2v) is 10.9. The van der Waals surface area contributed by atoms with Crippen molar-refractivity contribution in [3.8, 4) is 10.8 Å². The highest BCUT2D eigenvalue weighted by Gasteiger charge is 2.29. The number of amides is 1. The van der Waals surface area contributed by atoms with Crippen molar-refractivity contribution in [2.75, 3.05) is 5.32 Å². The number of amidine groups is 1. The van der Waals surface area contributed by atoms with Gasteiger partial charge >= 0.3 is 6.09 Å². The number of nitrogens with one attached hydrogen (secondary N) is 3. The van der Waals surface area contributed by atoms with Gasteiger partial charge in [0.15, 0.2) is 34.0 Å². The summed E-state index contributed by atoms with van der Waals surface area (Å²) in [5.74, 6) is 2.84. The molecule has 3 aromatic rings. The maximum absolute atomic E-state index is 11.2. The maximum atomic E-state index is 11.2. The SMILES string of the molecule is C[C@@H](Nc1nc(C(=N)NC(=O)O)nc2nc(-c3nccs3)n(C[C@H]3CC[C@H](C)CC3)c12)C1CCC1. The van der Waals surface area contributed by atoms with Crippen molar-refractivity contribution in [2.24, 2.45) is 17.8 Å². The van der Waals surface area contributed by atoms with E-state index in [1.807, 2.05) is 5.38 Å². The van der Waals surface area contributed by atoms with Crippen LogP contribution in [0.5, 0.6) is 0 Å². The maximum Gasteiger partial charge on any atom is 0.410 e. The van der Waals surface area contributed by atoms with Crippen molar-refractivity contribution in [3.63, 3.8) is 0 Å². The minimum atomic E-state index is -1.32. The van der Waals surface area contributed by atoms with Crippen molar-refractivity contribution in [1.82, 2.24) is 29.8 Å². The number of imidazole rings is 1. The van der Waals surface area contributed by atoms with Crippen LogP contribution in [0.2, 0.25) is 0 Å². The topological polar surface area (TPSA) is 142 Å². The van der Waals surface area contributed by atoms with Gasteiger partial charge in [0.05, 0.1) is 0 Å². The fraction of sp³-hybridized carbons (Fsp3) is 0.583. The van der Waals surface area contributed by atoms with E-state index in [0.29, 0.717) is 23.3 Å². The van der Waals surface area contributed by atoms with Gasteiger partial charge in [0.2, 0.25) is 0 Å². The zero-order valence-corrected chi connectivity index (χ0v) is 20.9. The lowest BCUT2D eigenvalue weighted by Crippen LogP contribution is -2.33. The second kappa shape index (κ2) is 9.88. The van der Waals surface area contributed by atoms with Gasteiger partial charge in [-0.05, 0) is 50.4 Å². The van der Waals surface area contributed by atoms with E-state index in [2.05, 4.69) is 44.0 Å². The third-order valence-corrected chi connectivity index (χ3v) is 8.25. The van der Waals surface area contributed by atoms with Crippen LogP contribution in [-0.4, -0.2) is 47.6 Å². The molecule has 2 aliphatic carbocycles. The predicted octanol–water partition coefficient (Wildman–Crippen LogP) is 4.97. The average Bonchev–Trinajstić information content (AvgIpc) is 3.42. The molecule has 1 atom stereocenters. The summed E-state index contributed by atoms with van der Waals surface area (Å²) in [6, 6.07) is 0.193. The molecule has 186 valence electrons. The average molecular weight is 497 g/mol. The number of anilines is 1. The lowest BCUT2D eigenvalue weighted by molar-refractivity contribution is 0.200. The highest BCUT2D eigenvalue weighted by Crippen LogP contribution is 2.36. The first kappa shape index (κ1) is 23.7. The Bertz CT molecular complexity index is 1210. The fourth-order valence-electron chi connectivity index (χ4n) is 5.13. The summed E-state index contributed by atoms with van der Waals surface area (Å²) in [6.07, 6.45) is 8.84. The number of aromatic nitrogens is 5. The Morgan fingerprint density at radius 1 is 1.23 bits per heavy atom. The minimum Gasteiger partial charge on any atom is -0.465 e. The minimum absolute atomic E-state index is 0.00467. The first-order valence-corrected chi connectivity index (χ1v) is 13.3. The smallest absolute Gasteiger partial charge is 0.410 e. The molecule has 4 N–H and O–H groups in total. The zero-order chi connectivity index (χ0) is 24.5. The Hall–Kier alpha value is -3.08. The summed E-state index contributed by atoms with van der Waals surface area (Å²) >= 11 is 1.53. The van der Waals surface area contributed by atoms with Gasteiger partial charge in [-0.2, -0.15) is 0 Å². The van der Waals surface area contributed by atoms with Crippen LogP contribution in [0.15, 0.2) is 11.6 Å². The quantitative estimate of drug-likeness (QED) is 0.267. The number of carbonyl (C=O) groups is 1. The first-order valence-electron chi connectivity index (χ1n) is 12.4. The first-order chi connectivity index (χ1) is 16.9. The second-order valence-electron chi connectivity index (χ2n) is 10.0. The van der Waals surface area contributed by atoms with Gasteiger partial charge in [-0.3, -0.25) is 10.7 Å². The van der Waals surface area contributed by atoms with Gasteiger partial charge in [0.25, 0.3) is 0 Å². The molecule has 0 aliphatic heterocycles. The molecule has 3 aromatic heterocycles. The molecule has 35 heavy (non-hydrogen) atoms. The van der Waals surface area contributed by atoms with Gasteiger partial charge in [-0.25, -0.2) is 24.7 Å². The van der Waals surface area contributed by atoms with Crippen LogP contribution >= 0.6 is 11.3 Å². The van der Waals surface area contributed by atoms with Crippen LogP contribution in [0.3, 0.4) is 0 Å². The lowest BCUT2D eigenvalue weighted by atomic mass is 9.80. The molecule has 3 heterocycles. The van der Waals surface area contributed by atoms with Crippen LogP contribution in [0, 0.1) is 23.2 Å². The van der Waals surface area contributed by atoms with Gasteiger partial charge in [0, 0.05) is 24.2 Å². The summed E-state index contributed by atoms with van der Waals surface area (Å²) in [5.41, 5.74) is 1.25. The molecular formula is C24H32N8O2S. The third kappa shape index (κ3) is 5.00. The van der Waals surface area contributed by atoms with Gasteiger partial charge < -0.3 is 15.0 Å². The standard InChI is InChI=1S/C24H32N8O2S/c1-13-6-8-15(9-7-13)12-32-17-19(27-14(2)16-4-3-5-16)29-21(18(25)28-24(33)34)30-20(17)31-22(32)23-26-10-11-35-23/h10-11,13-16H,3-9,12H2,1-2H3,(H2,25,28)(H,33,34)(H,27,29,30)/t13-,14-,15-/m1/s1. The van der Waals surface area contributed by atoms with E-state index in [-0.39, 0.29) is 17.7 Å². The Labute approximate surface area is 208 Å². The zero-order valence-electron chi connectivity index (χ0n) is 20.1. The van der Waals surface area contributed by atoms with Crippen molar-refractivity contribution in [3.05, 3.63) is 17.4 Å². The van der Waals surface area contributed by atoms with Gasteiger partial charge in [0.1, 0.15) is 5.52 Å². The Morgan fingerprint density at radius 2 is 2.00 bits per heavy atom. The van der Waals surface area contributed by atoms with Crippen LogP contribution in [0.25, 0.3) is 22.0 Å². The van der Waals surface area contributed by atoms with E-state index < -0.39 is 6.09 Å². The number of hydrogen-bond acceptors (Lipinski definition) is 8. The highest BCUT2D eigenvalue weighted by molar-refractivity contribution is 7.13. The van der Waals surface area contributed by atoms with E-state index in [1.165, 1.54) is 56.3 Å². The number of fused-ring (bicyclic) bond motifs is 1. The van der Waals surface area contributed by atoms with Crippen molar-refractivity contribution in [1.29, 1.82) is 5.41 Å². The molecule has 0 radical (unpaired) electrons. The Morgan fingerprint density at radius 3 is 2.63 bits per heavy atom. The number of nitrogens with zero attached hydrogens (tertiary/aromatic N) is 5. The van der Waals surface area contributed by atoms with E-state index in [0.717, 1.165) is 28.8 Å². The molecule has 0 unspecified atom stereocenters. The highest BCUT2D eigenvalue weighted by atomic mass is 32.1. The van der Waals surface area contributed by atoms with Gasteiger partial charge in [-0.15, -0.1) is 11.3 Å². The Kier molecular flexibility index (Phi) is 6.68. The lowest BCUT2D eigenvalue weighted by Gasteiger charge is -2.32. The van der Waals surface area contributed by atoms with Crippen LogP contribution < -0.4 is 10.6 Å². The molecule has 11 heteroatoms. The van der Waals surface area contributed by atoms with Crippen molar-refractivity contribution < 1.29 is 9.90 Å². The molecule has 1 amide bonds. The summed E-state index contributed by atoms with van der Waals surface area (Å²) in [4.78, 5) is 29.7. The van der Waals surface area contributed by atoms with Crippen LogP contribution in [-0.2, 0) is 6.54 Å². The van der Waals surface area contributed by atoms with E-state index in [9.17, 15) is 4.79 Å².